The van der Waals surface area contributed by atoms with Gasteiger partial charge in [0.2, 0.25) is 5.91 Å². The Balaban J connectivity index is 2.16. The second-order valence-corrected chi connectivity index (χ2v) is 5.27. The maximum absolute atomic E-state index is 12.3. The molecule has 0 saturated carbocycles. The summed E-state index contributed by atoms with van der Waals surface area (Å²) < 4.78 is 6.05. The van der Waals surface area contributed by atoms with E-state index in [1.807, 2.05) is 19.9 Å². The first-order valence-electron chi connectivity index (χ1n) is 7.76. The van der Waals surface area contributed by atoms with Crippen LogP contribution in [0.25, 0.3) is 0 Å². The van der Waals surface area contributed by atoms with Crippen molar-refractivity contribution < 1.29 is 9.32 Å². The molecular formula is C16H19N5O3. The first kappa shape index (κ1) is 17.4. The van der Waals surface area contributed by atoms with E-state index in [2.05, 4.69) is 15.6 Å². The first-order chi connectivity index (χ1) is 11.5. The van der Waals surface area contributed by atoms with Gasteiger partial charge in [0.25, 0.3) is 5.56 Å². The normalized spacial score (nSPS) is 10.4. The number of hydrogen-bond acceptors (Lipinski definition) is 6. The summed E-state index contributed by atoms with van der Waals surface area (Å²) in [5, 5.41) is 19.8. The van der Waals surface area contributed by atoms with Gasteiger partial charge in [-0.05, 0) is 25.3 Å². The Labute approximate surface area is 139 Å². The van der Waals surface area contributed by atoms with E-state index in [4.69, 9.17) is 4.52 Å². The standard InChI is InChI=1S/C16H19N5O3/c1-4-11-12(9-17)16(23)21(19-13(11)5-2)7-6-15(22)18-14-8-10(3)24-20-14/h8H,4-7H2,1-3H3,(H,18,20,22). The Hall–Kier alpha value is -2.95. The Bertz CT molecular complexity index is 844. The van der Waals surface area contributed by atoms with Gasteiger partial charge >= 0.3 is 0 Å². The summed E-state index contributed by atoms with van der Waals surface area (Å²) >= 11 is 0. The number of anilines is 1. The molecule has 8 nitrogen and oxygen atoms in total. The number of aryl methyl sites for hydroxylation is 3. The summed E-state index contributed by atoms with van der Waals surface area (Å²) in [5.74, 6) is 0.601. The molecule has 24 heavy (non-hydrogen) atoms. The van der Waals surface area contributed by atoms with E-state index in [-0.39, 0.29) is 24.4 Å². The molecule has 126 valence electrons. The van der Waals surface area contributed by atoms with Gasteiger partial charge in [0.05, 0.1) is 12.2 Å². The lowest BCUT2D eigenvalue weighted by Crippen LogP contribution is -2.30. The van der Waals surface area contributed by atoms with Gasteiger partial charge in [-0.15, -0.1) is 0 Å². The lowest BCUT2D eigenvalue weighted by atomic mass is 10.0. The van der Waals surface area contributed by atoms with Crippen LogP contribution in [0.3, 0.4) is 0 Å². The number of aromatic nitrogens is 3. The third kappa shape index (κ3) is 3.68. The van der Waals surface area contributed by atoms with Crippen LogP contribution in [-0.4, -0.2) is 20.8 Å². The van der Waals surface area contributed by atoms with Crippen molar-refractivity contribution in [2.45, 2.75) is 46.6 Å². The molecule has 0 aromatic carbocycles. The van der Waals surface area contributed by atoms with Crippen LogP contribution in [0.5, 0.6) is 0 Å². The van der Waals surface area contributed by atoms with Gasteiger partial charge in [-0.3, -0.25) is 9.59 Å². The minimum absolute atomic E-state index is 0.0400. The number of amides is 1. The largest absolute Gasteiger partial charge is 0.360 e. The van der Waals surface area contributed by atoms with Crippen LogP contribution in [0.4, 0.5) is 5.82 Å². The van der Waals surface area contributed by atoms with Crippen molar-refractivity contribution in [3.8, 4) is 6.07 Å². The highest BCUT2D eigenvalue weighted by Gasteiger charge is 2.16. The number of nitrogens with one attached hydrogen (secondary N) is 1. The average molecular weight is 329 g/mol. The quantitative estimate of drug-likeness (QED) is 0.860. The zero-order chi connectivity index (χ0) is 17.7. The minimum atomic E-state index is -0.461. The van der Waals surface area contributed by atoms with E-state index in [0.717, 1.165) is 0 Å². The Morgan fingerprint density at radius 3 is 2.71 bits per heavy atom. The number of hydrogen-bond donors (Lipinski definition) is 1. The van der Waals surface area contributed by atoms with Gasteiger partial charge in [0.1, 0.15) is 17.4 Å². The van der Waals surface area contributed by atoms with Gasteiger partial charge in [0.15, 0.2) is 5.82 Å². The summed E-state index contributed by atoms with van der Waals surface area (Å²) in [6.07, 6.45) is 1.22. The molecule has 0 saturated heterocycles. The number of nitriles is 1. The van der Waals surface area contributed by atoms with Gasteiger partial charge in [0, 0.05) is 12.5 Å². The SMILES string of the molecule is CCc1nn(CCC(=O)Nc2cc(C)on2)c(=O)c(C#N)c1CC. The van der Waals surface area contributed by atoms with Crippen LogP contribution in [-0.2, 0) is 24.2 Å². The summed E-state index contributed by atoms with van der Waals surface area (Å²) in [4.78, 5) is 24.3. The summed E-state index contributed by atoms with van der Waals surface area (Å²) in [6.45, 7) is 5.61. The van der Waals surface area contributed by atoms with E-state index in [1.165, 1.54) is 4.68 Å². The zero-order valence-corrected chi connectivity index (χ0v) is 13.9. The van der Waals surface area contributed by atoms with Crippen LogP contribution >= 0.6 is 0 Å². The van der Waals surface area contributed by atoms with Gasteiger partial charge in [-0.2, -0.15) is 10.4 Å². The molecule has 2 rings (SSSR count). The molecule has 2 aromatic rings. The van der Waals surface area contributed by atoms with Gasteiger partial charge in [-0.25, -0.2) is 4.68 Å². The van der Waals surface area contributed by atoms with Crippen LogP contribution in [0, 0.1) is 18.3 Å². The Morgan fingerprint density at radius 2 is 2.17 bits per heavy atom. The van der Waals surface area contributed by atoms with E-state index >= 15 is 0 Å². The van der Waals surface area contributed by atoms with Crippen LogP contribution in [0.2, 0.25) is 0 Å². The van der Waals surface area contributed by atoms with Crippen LogP contribution in [0.1, 0.15) is 42.8 Å². The number of carbonyl (C=O) groups excluding carboxylic acids is 1. The Morgan fingerprint density at radius 1 is 1.42 bits per heavy atom. The highest BCUT2D eigenvalue weighted by molar-refractivity contribution is 5.89. The molecule has 2 aromatic heterocycles. The molecule has 0 fully saturated rings. The fourth-order valence-corrected chi connectivity index (χ4v) is 2.42. The number of nitrogens with zero attached hydrogens (tertiary/aromatic N) is 4. The first-order valence-corrected chi connectivity index (χ1v) is 7.76. The van der Waals surface area contributed by atoms with Crippen molar-refractivity contribution in [3.63, 3.8) is 0 Å². The maximum Gasteiger partial charge on any atom is 0.284 e. The van der Waals surface area contributed by atoms with Crippen molar-refractivity contribution >= 4 is 11.7 Å². The summed E-state index contributed by atoms with van der Waals surface area (Å²) in [5.41, 5.74) is 1.04. The van der Waals surface area contributed by atoms with E-state index in [0.29, 0.717) is 35.7 Å². The second-order valence-electron chi connectivity index (χ2n) is 5.27. The van der Waals surface area contributed by atoms with Gasteiger partial charge < -0.3 is 9.84 Å². The molecule has 0 bridgehead atoms. The van der Waals surface area contributed by atoms with Gasteiger partial charge in [-0.1, -0.05) is 19.0 Å². The highest BCUT2D eigenvalue weighted by Crippen LogP contribution is 2.11. The average Bonchev–Trinajstić information content (AvgIpc) is 2.97. The molecule has 1 N–H and O–H groups in total. The van der Waals surface area contributed by atoms with E-state index < -0.39 is 5.56 Å². The molecule has 2 heterocycles. The van der Waals surface area contributed by atoms with Crippen molar-refractivity contribution in [2.75, 3.05) is 5.32 Å². The molecule has 0 unspecified atom stereocenters. The Kier molecular flexibility index (Phi) is 5.47. The zero-order valence-electron chi connectivity index (χ0n) is 13.9. The molecule has 0 atom stereocenters. The van der Waals surface area contributed by atoms with Crippen LogP contribution < -0.4 is 10.9 Å². The smallest absolute Gasteiger partial charge is 0.284 e. The lowest BCUT2D eigenvalue weighted by molar-refractivity contribution is -0.116. The second kappa shape index (κ2) is 7.55. The molecule has 1 amide bonds. The third-order valence-electron chi connectivity index (χ3n) is 3.59. The maximum atomic E-state index is 12.3. The molecule has 0 aliphatic heterocycles. The van der Waals surface area contributed by atoms with Crippen molar-refractivity contribution in [2.24, 2.45) is 0 Å². The third-order valence-corrected chi connectivity index (χ3v) is 3.59. The molecule has 0 aliphatic carbocycles. The summed E-state index contributed by atoms with van der Waals surface area (Å²) in [7, 11) is 0. The summed E-state index contributed by atoms with van der Waals surface area (Å²) in [6, 6.07) is 3.56. The van der Waals surface area contributed by atoms with Crippen molar-refractivity contribution in [1.82, 2.24) is 14.9 Å². The van der Waals surface area contributed by atoms with Crippen molar-refractivity contribution in [1.29, 1.82) is 5.26 Å². The molecular weight excluding hydrogens is 310 g/mol. The fraction of sp³-hybridized carbons (Fsp3) is 0.438. The van der Waals surface area contributed by atoms with E-state index in [1.54, 1.807) is 13.0 Å². The minimum Gasteiger partial charge on any atom is -0.360 e. The highest BCUT2D eigenvalue weighted by atomic mass is 16.5. The topological polar surface area (TPSA) is 114 Å². The lowest BCUT2D eigenvalue weighted by Gasteiger charge is -2.11. The monoisotopic (exact) mass is 329 g/mol. The predicted octanol–water partition coefficient (Wildman–Crippen LogP) is 1.56. The number of rotatable bonds is 6. The molecule has 0 aliphatic rings. The number of carbonyl (C=O) groups is 1. The van der Waals surface area contributed by atoms with E-state index in [9.17, 15) is 14.9 Å². The molecule has 0 spiro atoms. The van der Waals surface area contributed by atoms with Crippen molar-refractivity contribution in [3.05, 3.63) is 39.0 Å². The molecule has 8 heteroatoms. The fourth-order valence-electron chi connectivity index (χ4n) is 2.42. The predicted molar refractivity (Wildman–Crippen MR) is 86.5 cm³/mol. The van der Waals surface area contributed by atoms with Crippen LogP contribution in [0.15, 0.2) is 15.4 Å². The molecule has 0 radical (unpaired) electrons.